The summed E-state index contributed by atoms with van der Waals surface area (Å²) in [6, 6.07) is 0. The van der Waals surface area contributed by atoms with E-state index in [1.54, 1.807) is 0 Å². The lowest BCUT2D eigenvalue weighted by atomic mass is 9.68. The molecule has 0 aromatic rings. The van der Waals surface area contributed by atoms with Crippen LogP contribution in [0.2, 0.25) is 0 Å². The van der Waals surface area contributed by atoms with Crippen molar-refractivity contribution in [2.24, 2.45) is 11.7 Å². The maximum absolute atomic E-state index is 10.4. The first-order chi connectivity index (χ1) is 4.07. The number of rotatable bonds is 1. The molecule has 0 saturated heterocycles. The first-order valence-electron chi connectivity index (χ1n) is 3.09. The van der Waals surface area contributed by atoms with Crippen LogP contribution >= 0.6 is 0 Å². The highest BCUT2D eigenvalue weighted by Gasteiger charge is 2.46. The van der Waals surface area contributed by atoms with Gasteiger partial charge in [-0.3, -0.25) is 4.79 Å². The molecule has 0 aliphatic heterocycles. The lowest BCUT2D eigenvalue weighted by Crippen LogP contribution is -2.59. The molecule has 3 nitrogen and oxygen atoms in total. The Morgan fingerprint density at radius 1 is 1.89 bits per heavy atom. The molecule has 3 heteroatoms. The van der Waals surface area contributed by atoms with Crippen molar-refractivity contribution in [3.05, 3.63) is 0 Å². The molecule has 1 aliphatic rings. The summed E-state index contributed by atoms with van der Waals surface area (Å²) in [7, 11) is 0. The van der Waals surface area contributed by atoms with Gasteiger partial charge in [0.2, 0.25) is 0 Å². The van der Waals surface area contributed by atoms with Crippen LogP contribution in [0.3, 0.4) is 0 Å². The summed E-state index contributed by atoms with van der Waals surface area (Å²) in [5, 5.41) is 8.54. The van der Waals surface area contributed by atoms with Gasteiger partial charge in [-0.15, -0.1) is 0 Å². The van der Waals surface area contributed by atoms with E-state index in [0.717, 1.165) is 6.42 Å². The van der Waals surface area contributed by atoms with Crippen LogP contribution in [0.25, 0.3) is 0 Å². The number of nitrogens with two attached hydrogens (primary N) is 1. The third-order valence-corrected chi connectivity index (χ3v) is 2.27. The zero-order valence-corrected chi connectivity index (χ0v) is 5.42. The molecule has 0 aromatic heterocycles. The van der Waals surface area contributed by atoms with Gasteiger partial charge in [0.15, 0.2) is 0 Å². The highest BCUT2D eigenvalue weighted by molar-refractivity contribution is 5.80. The second kappa shape index (κ2) is 1.70. The Hall–Kier alpha value is -0.570. The minimum atomic E-state index is -0.903. The van der Waals surface area contributed by atoms with Crippen molar-refractivity contribution in [2.75, 3.05) is 0 Å². The molecule has 1 rings (SSSR count). The number of hydrogen-bond acceptors (Lipinski definition) is 2. The quantitative estimate of drug-likeness (QED) is 0.531. The lowest BCUT2D eigenvalue weighted by Gasteiger charge is -2.40. The van der Waals surface area contributed by atoms with E-state index in [9.17, 15) is 4.79 Å². The van der Waals surface area contributed by atoms with E-state index in [0.29, 0.717) is 6.42 Å². The molecule has 9 heavy (non-hydrogen) atoms. The summed E-state index contributed by atoms with van der Waals surface area (Å²) in [5.41, 5.74) is 4.59. The summed E-state index contributed by atoms with van der Waals surface area (Å²) in [4.78, 5) is 10.4. The average molecular weight is 129 g/mol. The molecule has 0 amide bonds. The third-order valence-electron chi connectivity index (χ3n) is 2.27. The number of carboxylic acids is 1. The van der Waals surface area contributed by atoms with Crippen LogP contribution in [0.15, 0.2) is 0 Å². The molecule has 0 unspecified atom stereocenters. The molecule has 0 aromatic carbocycles. The van der Waals surface area contributed by atoms with Crippen molar-refractivity contribution < 1.29 is 9.90 Å². The van der Waals surface area contributed by atoms with Gasteiger partial charge in [-0.05, 0) is 18.8 Å². The fraction of sp³-hybridized carbons (Fsp3) is 0.833. The predicted molar refractivity (Wildman–Crippen MR) is 33.0 cm³/mol. The van der Waals surface area contributed by atoms with Gasteiger partial charge < -0.3 is 10.8 Å². The molecule has 0 heterocycles. The maximum atomic E-state index is 10.4. The Morgan fingerprint density at radius 3 is 2.44 bits per heavy atom. The molecule has 1 saturated carbocycles. The largest absolute Gasteiger partial charge is 0.480 e. The van der Waals surface area contributed by atoms with Gasteiger partial charge in [0.25, 0.3) is 0 Å². The van der Waals surface area contributed by atoms with Crippen LogP contribution in [-0.4, -0.2) is 16.6 Å². The summed E-state index contributed by atoms with van der Waals surface area (Å²) < 4.78 is 0. The monoisotopic (exact) mass is 129 g/mol. The van der Waals surface area contributed by atoms with Crippen LogP contribution in [0, 0.1) is 5.92 Å². The van der Waals surface area contributed by atoms with E-state index in [1.807, 2.05) is 6.92 Å². The molecule has 0 bridgehead atoms. The van der Waals surface area contributed by atoms with E-state index in [4.69, 9.17) is 10.8 Å². The molecule has 3 N–H and O–H groups in total. The standard InChI is InChI=1S/C6H11NO2/c1-4-2-3-6(4,7)5(8)9/h4H,2-3,7H2,1H3,(H,8,9)/t4-,6-/m1/s1. The van der Waals surface area contributed by atoms with Gasteiger partial charge in [0, 0.05) is 0 Å². The molecular formula is C6H11NO2. The van der Waals surface area contributed by atoms with Crippen LogP contribution in [-0.2, 0) is 4.79 Å². The Kier molecular flexibility index (Phi) is 1.24. The summed E-state index contributed by atoms with van der Waals surface area (Å²) in [5.74, 6) is -0.712. The second-order valence-corrected chi connectivity index (χ2v) is 2.79. The van der Waals surface area contributed by atoms with E-state index >= 15 is 0 Å². The highest BCUT2D eigenvalue weighted by Crippen LogP contribution is 2.35. The molecule has 0 radical (unpaired) electrons. The van der Waals surface area contributed by atoms with Crippen molar-refractivity contribution in [2.45, 2.75) is 25.3 Å². The summed E-state index contributed by atoms with van der Waals surface area (Å²) in [6.07, 6.45) is 1.58. The van der Waals surface area contributed by atoms with Crippen LogP contribution < -0.4 is 5.73 Å². The van der Waals surface area contributed by atoms with E-state index in [-0.39, 0.29) is 5.92 Å². The maximum Gasteiger partial charge on any atom is 0.323 e. The zero-order valence-electron chi connectivity index (χ0n) is 5.42. The van der Waals surface area contributed by atoms with Crippen LogP contribution in [0.5, 0.6) is 0 Å². The SMILES string of the molecule is C[C@@H]1CC[C@]1(N)C(=O)O. The topological polar surface area (TPSA) is 63.3 Å². The smallest absolute Gasteiger partial charge is 0.323 e. The molecule has 52 valence electrons. The van der Waals surface area contributed by atoms with Crippen LogP contribution in [0.1, 0.15) is 19.8 Å². The number of carboxylic acid groups (broad SMARTS) is 1. The minimum Gasteiger partial charge on any atom is -0.480 e. The molecular weight excluding hydrogens is 118 g/mol. The average Bonchev–Trinajstić information content (AvgIpc) is 1.82. The number of hydrogen-bond donors (Lipinski definition) is 2. The Bertz CT molecular complexity index is 146. The first-order valence-corrected chi connectivity index (χ1v) is 3.09. The Morgan fingerprint density at radius 2 is 2.44 bits per heavy atom. The Labute approximate surface area is 53.9 Å². The fourth-order valence-electron chi connectivity index (χ4n) is 1.06. The van der Waals surface area contributed by atoms with E-state index in [2.05, 4.69) is 0 Å². The predicted octanol–water partition coefficient (Wildman–Crippen LogP) is 0.198. The van der Waals surface area contributed by atoms with E-state index < -0.39 is 11.5 Å². The Balaban J connectivity index is 2.64. The minimum absolute atomic E-state index is 0.148. The first kappa shape index (κ1) is 6.55. The summed E-state index contributed by atoms with van der Waals surface area (Å²) in [6.45, 7) is 1.87. The van der Waals surface area contributed by atoms with Gasteiger partial charge in [-0.25, -0.2) is 0 Å². The zero-order chi connectivity index (χ0) is 7.07. The number of carbonyl (C=O) groups is 1. The van der Waals surface area contributed by atoms with Crippen molar-refractivity contribution in [1.29, 1.82) is 0 Å². The molecule has 1 aliphatic carbocycles. The van der Waals surface area contributed by atoms with Gasteiger partial charge in [-0.1, -0.05) is 6.92 Å². The summed E-state index contributed by atoms with van der Waals surface area (Å²) >= 11 is 0. The van der Waals surface area contributed by atoms with E-state index in [1.165, 1.54) is 0 Å². The van der Waals surface area contributed by atoms with Crippen molar-refractivity contribution in [3.63, 3.8) is 0 Å². The molecule has 1 fully saturated rings. The third kappa shape index (κ3) is 0.721. The van der Waals surface area contributed by atoms with Gasteiger partial charge in [0.05, 0.1) is 0 Å². The van der Waals surface area contributed by atoms with Gasteiger partial charge in [-0.2, -0.15) is 0 Å². The molecule has 0 spiro atoms. The lowest BCUT2D eigenvalue weighted by molar-refractivity contribution is -0.149. The van der Waals surface area contributed by atoms with Gasteiger partial charge >= 0.3 is 5.97 Å². The van der Waals surface area contributed by atoms with Crippen molar-refractivity contribution in [1.82, 2.24) is 0 Å². The molecule has 2 atom stereocenters. The highest BCUT2D eigenvalue weighted by atomic mass is 16.4. The normalized spacial score (nSPS) is 41.8. The fourth-order valence-corrected chi connectivity index (χ4v) is 1.06. The van der Waals surface area contributed by atoms with Gasteiger partial charge in [0.1, 0.15) is 5.54 Å². The van der Waals surface area contributed by atoms with Crippen molar-refractivity contribution >= 4 is 5.97 Å². The van der Waals surface area contributed by atoms with Crippen molar-refractivity contribution in [3.8, 4) is 0 Å². The number of aliphatic carboxylic acids is 1. The second-order valence-electron chi connectivity index (χ2n) is 2.79. The van der Waals surface area contributed by atoms with Crippen LogP contribution in [0.4, 0.5) is 0 Å².